The molecule has 0 saturated heterocycles. The molecule has 0 fully saturated rings. The van der Waals surface area contributed by atoms with Gasteiger partial charge in [0, 0.05) is 33.7 Å². The summed E-state index contributed by atoms with van der Waals surface area (Å²) in [6.07, 6.45) is 13.8. The second-order valence-electron chi connectivity index (χ2n) is 17.4. The van der Waals surface area contributed by atoms with Crippen LogP contribution in [0.2, 0.25) is 0 Å². The highest BCUT2D eigenvalue weighted by Crippen LogP contribution is 2.49. The predicted octanol–water partition coefficient (Wildman–Crippen LogP) is 14.5. The molecular formula is C56H61BN2O. The van der Waals surface area contributed by atoms with Gasteiger partial charge in [-0.3, -0.25) is 0 Å². The van der Waals surface area contributed by atoms with Crippen molar-refractivity contribution in [1.29, 1.82) is 0 Å². The van der Waals surface area contributed by atoms with Crippen LogP contribution in [0.25, 0.3) is 22.1 Å². The monoisotopic (exact) mass is 788 g/mol. The number of nitrogens with zero attached hydrogens (tertiary/aromatic N) is 2. The topological polar surface area (TPSA) is 19.6 Å². The maximum atomic E-state index is 7.25. The fourth-order valence-corrected chi connectivity index (χ4v) is 10.1. The first-order valence-corrected chi connectivity index (χ1v) is 23.3. The summed E-state index contributed by atoms with van der Waals surface area (Å²) in [6.45, 7) is 11.4. The summed E-state index contributed by atoms with van der Waals surface area (Å²) < 4.78 is 7.25. The van der Waals surface area contributed by atoms with Crippen molar-refractivity contribution in [3.63, 3.8) is 0 Å². The zero-order valence-electron chi connectivity index (χ0n) is 36.6. The molecule has 2 aliphatic heterocycles. The first-order valence-electron chi connectivity index (χ1n) is 23.3. The average molecular weight is 789 g/mol. The molecule has 1 aromatic heterocycles. The number of benzene rings is 6. The Labute approximate surface area is 359 Å². The quantitative estimate of drug-likeness (QED) is 0.0909. The Morgan fingerprint density at radius 3 is 1.92 bits per heavy atom. The Bertz CT molecular complexity index is 2590. The third-order valence-corrected chi connectivity index (χ3v) is 13.3. The number of unbranched alkanes of at least 4 members (excludes halogenated alkanes) is 3. The highest BCUT2D eigenvalue weighted by molar-refractivity contribution is 7.00. The van der Waals surface area contributed by atoms with Gasteiger partial charge in [-0.2, -0.15) is 0 Å². The van der Waals surface area contributed by atoms with Crippen LogP contribution in [0, 0.1) is 0 Å². The molecule has 1 atom stereocenters. The number of hydrogen-bond acceptors (Lipinski definition) is 3. The summed E-state index contributed by atoms with van der Waals surface area (Å²) in [7, 11) is 0. The molecule has 0 bridgehead atoms. The van der Waals surface area contributed by atoms with Crippen LogP contribution in [-0.4, -0.2) is 6.71 Å². The molecule has 1 unspecified atom stereocenters. The van der Waals surface area contributed by atoms with Crippen molar-refractivity contribution >= 4 is 68.4 Å². The van der Waals surface area contributed by atoms with E-state index in [-0.39, 0.29) is 6.71 Å². The SMILES string of the molecule is CCCCc1ccc(N2c3cccc4c3B(c3ccc(C(CC)CCC)cc3N4c3ccc(CCCC)cc3-c3ccccc3)c3oc4ccc(CCCC)cc4c32)cc1. The third-order valence-electron chi connectivity index (χ3n) is 13.3. The molecule has 3 nitrogen and oxygen atoms in total. The Balaban J connectivity index is 1.33. The maximum Gasteiger partial charge on any atom is 0.297 e. The summed E-state index contributed by atoms with van der Waals surface area (Å²) >= 11 is 0. The van der Waals surface area contributed by atoms with Crippen molar-refractivity contribution in [3.8, 4) is 11.1 Å². The molecule has 0 amide bonds. The fourth-order valence-electron chi connectivity index (χ4n) is 10.1. The van der Waals surface area contributed by atoms with Crippen molar-refractivity contribution in [2.24, 2.45) is 0 Å². The van der Waals surface area contributed by atoms with Crippen LogP contribution < -0.4 is 26.4 Å². The first-order chi connectivity index (χ1) is 29.6. The molecule has 304 valence electrons. The van der Waals surface area contributed by atoms with E-state index in [4.69, 9.17) is 4.42 Å². The molecule has 6 aromatic carbocycles. The van der Waals surface area contributed by atoms with Crippen LogP contribution in [0.4, 0.5) is 34.1 Å². The van der Waals surface area contributed by atoms with Gasteiger partial charge in [0.15, 0.2) is 0 Å². The zero-order valence-corrected chi connectivity index (χ0v) is 36.6. The summed E-state index contributed by atoms with van der Waals surface area (Å²) in [5, 5.41) is 1.20. The second-order valence-corrected chi connectivity index (χ2v) is 17.4. The minimum Gasteiger partial charge on any atom is -0.468 e. The lowest BCUT2D eigenvalue weighted by Gasteiger charge is -2.43. The van der Waals surface area contributed by atoms with Crippen molar-refractivity contribution < 1.29 is 4.42 Å². The average Bonchev–Trinajstić information content (AvgIpc) is 3.67. The molecule has 60 heavy (non-hydrogen) atoms. The number of hydrogen-bond donors (Lipinski definition) is 0. The summed E-state index contributed by atoms with van der Waals surface area (Å²) in [6, 6.07) is 49.1. The van der Waals surface area contributed by atoms with Gasteiger partial charge < -0.3 is 14.2 Å². The van der Waals surface area contributed by atoms with E-state index in [0.29, 0.717) is 5.92 Å². The lowest BCUT2D eigenvalue weighted by Crippen LogP contribution is -2.61. The smallest absolute Gasteiger partial charge is 0.297 e. The second kappa shape index (κ2) is 17.6. The molecule has 0 saturated carbocycles. The lowest BCUT2D eigenvalue weighted by atomic mass is 9.35. The predicted molar refractivity (Wildman–Crippen MR) is 259 cm³/mol. The van der Waals surface area contributed by atoms with Crippen molar-refractivity contribution in [2.45, 2.75) is 118 Å². The van der Waals surface area contributed by atoms with E-state index in [9.17, 15) is 0 Å². The number of furan rings is 1. The fraction of sp³-hybridized carbons (Fsp3) is 0.321. The van der Waals surface area contributed by atoms with Gasteiger partial charge in [-0.15, -0.1) is 0 Å². The van der Waals surface area contributed by atoms with Crippen molar-refractivity contribution in [3.05, 3.63) is 150 Å². The molecule has 0 radical (unpaired) electrons. The van der Waals surface area contributed by atoms with Crippen LogP contribution in [0.3, 0.4) is 0 Å². The summed E-state index contributed by atoms with van der Waals surface area (Å²) in [4.78, 5) is 5.14. The van der Waals surface area contributed by atoms with Gasteiger partial charge >= 0.3 is 0 Å². The van der Waals surface area contributed by atoms with Crippen LogP contribution in [0.15, 0.2) is 132 Å². The van der Waals surface area contributed by atoms with Gasteiger partial charge in [0.05, 0.1) is 17.0 Å². The van der Waals surface area contributed by atoms with Crippen LogP contribution in [0.1, 0.15) is 121 Å². The van der Waals surface area contributed by atoms with Crippen molar-refractivity contribution in [2.75, 3.05) is 9.80 Å². The summed E-state index contributed by atoms with van der Waals surface area (Å²) in [5.41, 5.74) is 20.0. The number of fused-ring (bicyclic) bond motifs is 6. The van der Waals surface area contributed by atoms with E-state index in [1.54, 1.807) is 0 Å². The lowest BCUT2D eigenvalue weighted by molar-refractivity contribution is 0.596. The minimum absolute atomic E-state index is 0.0617. The molecule has 2 aliphatic rings. The van der Waals surface area contributed by atoms with Gasteiger partial charge in [0.2, 0.25) is 0 Å². The highest BCUT2D eigenvalue weighted by Gasteiger charge is 2.47. The van der Waals surface area contributed by atoms with Crippen molar-refractivity contribution in [1.82, 2.24) is 0 Å². The molecule has 0 N–H and O–H groups in total. The Morgan fingerprint density at radius 1 is 0.550 bits per heavy atom. The molecule has 7 aromatic rings. The number of rotatable bonds is 16. The van der Waals surface area contributed by atoms with Gasteiger partial charge in [0.1, 0.15) is 5.58 Å². The number of anilines is 6. The van der Waals surface area contributed by atoms with E-state index in [2.05, 4.69) is 172 Å². The van der Waals surface area contributed by atoms with Crippen LogP contribution >= 0.6 is 0 Å². The maximum absolute atomic E-state index is 7.25. The van der Waals surface area contributed by atoms with E-state index in [0.717, 1.165) is 36.9 Å². The molecule has 0 spiro atoms. The van der Waals surface area contributed by atoms with E-state index in [1.807, 2.05) is 0 Å². The Kier molecular flexibility index (Phi) is 11.7. The van der Waals surface area contributed by atoms with E-state index < -0.39 is 0 Å². The molecule has 4 heteroatoms. The third kappa shape index (κ3) is 7.27. The van der Waals surface area contributed by atoms with Crippen LogP contribution in [-0.2, 0) is 19.3 Å². The summed E-state index contributed by atoms with van der Waals surface area (Å²) in [5.74, 6) is 0.505. The molecule has 9 rings (SSSR count). The van der Waals surface area contributed by atoms with Gasteiger partial charge in [-0.05, 0) is 151 Å². The zero-order chi connectivity index (χ0) is 41.2. The number of aryl methyl sites for hydroxylation is 3. The molecule has 3 heterocycles. The van der Waals surface area contributed by atoms with E-state index in [1.165, 1.54) is 135 Å². The van der Waals surface area contributed by atoms with Gasteiger partial charge in [0.25, 0.3) is 6.71 Å². The highest BCUT2D eigenvalue weighted by atomic mass is 16.3. The standard InChI is InChI=1S/C56H61BN2O/c1-6-11-19-39-26-31-45(32-27-39)58-50-24-17-25-51-54(50)57(56-55(58)47-37-41(21-13-8-3)29-35-53(47)60-56)48-33-30-44(42(10-5)18-9-4)38-52(48)59(51)49-34-28-40(20-12-7-2)36-46(49)43-22-15-14-16-23-43/h14-17,22-38,42H,6-13,18-21H2,1-5H3. The Hall–Kier alpha value is -5.48. The molecular weight excluding hydrogens is 727 g/mol. The molecule has 0 aliphatic carbocycles. The minimum atomic E-state index is -0.0617. The van der Waals surface area contributed by atoms with Gasteiger partial charge in [-0.1, -0.05) is 133 Å². The Morgan fingerprint density at radius 2 is 1.22 bits per heavy atom. The van der Waals surface area contributed by atoms with E-state index >= 15 is 0 Å². The van der Waals surface area contributed by atoms with Crippen LogP contribution in [0.5, 0.6) is 0 Å². The van der Waals surface area contributed by atoms with Gasteiger partial charge in [-0.25, -0.2) is 0 Å². The first kappa shape index (κ1) is 40.0. The normalized spacial score (nSPS) is 13.4. The largest absolute Gasteiger partial charge is 0.468 e.